The van der Waals surface area contributed by atoms with E-state index in [0.717, 1.165) is 13.0 Å². The summed E-state index contributed by atoms with van der Waals surface area (Å²) in [6.45, 7) is 14.4. The van der Waals surface area contributed by atoms with E-state index in [0.29, 0.717) is 32.3 Å². The molecule has 1 saturated heterocycles. The molecule has 9 nitrogen and oxygen atoms in total. The summed E-state index contributed by atoms with van der Waals surface area (Å²) in [5.74, 6) is 0.669. The monoisotopic (exact) mass is 416 g/mol. The maximum atomic E-state index is 12.8. The van der Waals surface area contributed by atoms with Gasteiger partial charge in [-0.3, -0.25) is 9.89 Å². The number of carbonyl (C=O) groups excluding carboxylic acids is 1. The number of methoxy groups -OCH3 is 1. The SMILES string of the molecule is CN=C(NCCCOCCOC)NCC1C(C)OC(C)(C)N1C(=O)OC(C)(C)C. The van der Waals surface area contributed by atoms with E-state index in [1.165, 1.54) is 0 Å². The molecule has 0 spiro atoms. The number of aliphatic imine (C=N–C) groups is 1. The van der Waals surface area contributed by atoms with Crippen molar-refractivity contribution in [1.82, 2.24) is 15.5 Å². The minimum Gasteiger partial charge on any atom is -0.444 e. The predicted molar refractivity (Wildman–Crippen MR) is 113 cm³/mol. The summed E-state index contributed by atoms with van der Waals surface area (Å²) in [7, 11) is 3.37. The normalized spacial score (nSPS) is 21.9. The molecule has 0 radical (unpaired) electrons. The third-order valence-corrected chi connectivity index (χ3v) is 4.41. The third-order valence-electron chi connectivity index (χ3n) is 4.41. The Morgan fingerprint density at radius 1 is 1.21 bits per heavy atom. The van der Waals surface area contributed by atoms with E-state index in [1.807, 2.05) is 41.5 Å². The number of nitrogens with zero attached hydrogens (tertiary/aromatic N) is 2. The lowest BCUT2D eigenvalue weighted by Crippen LogP contribution is -2.54. The van der Waals surface area contributed by atoms with E-state index < -0.39 is 11.3 Å². The molecule has 0 aromatic heterocycles. The molecule has 2 N–H and O–H groups in total. The first-order valence-corrected chi connectivity index (χ1v) is 10.2. The highest BCUT2D eigenvalue weighted by molar-refractivity contribution is 5.79. The molecule has 0 aliphatic carbocycles. The summed E-state index contributed by atoms with van der Waals surface area (Å²) >= 11 is 0. The van der Waals surface area contributed by atoms with E-state index in [2.05, 4.69) is 15.6 Å². The fraction of sp³-hybridized carbons (Fsp3) is 0.900. The molecule has 9 heteroatoms. The average Bonchev–Trinajstić information content (AvgIpc) is 2.83. The Hall–Kier alpha value is -1.58. The number of ether oxygens (including phenoxy) is 4. The van der Waals surface area contributed by atoms with E-state index in [4.69, 9.17) is 18.9 Å². The van der Waals surface area contributed by atoms with Crippen LogP contribution in [0.5, 0.6) is 0 Å². The van der Waals surface area contributed by atoms with Gasteiger partial charge in [0.2, 0.25) is 0 Å². The number of carbonyl (C=O) groups is 1. The lowest BCUT2D eigenvalue weighted by atomic mass is 10.1. The fourth-order valence-corrected chi connectivity index (χ4v) is 3.17. The van der Waals surface area contributed by atoms with Crippen LogP contribution in [0, 0.1) is 0 Å². The van der Waals surface area contributed by atoms with Gasteiger partial charge in [-0.25, -0.2) is 4.79 Å². The molecular weight excluding hydrogens is 376 g/mol. The van der Waals surface area contributed by atoms with Crippen molar-refractivity contribution in [3.63, 3.8) is 0 Å². The van der Waals surface area contributed by atoms with Crippen LogP contribution in [0.3, 0.4) is 0 Å². The highest BCUT2D eigenvalue weighted by Crippen LogP contribution is 2.33. The van der Waals surface area contributed by atoms with Crippen molar-refractivity contribution in [2.75, 3.05) is 47.1 Å². The van der Waals surface area contributed by atoms with Gasteiger partial charge in [0.05, 0.1) is 25.4 Å². The number of nitrogens with one attached hydrogen (secondary N) is 2. The Bertz CT molecular complexity index is 533. The van der Waals surface area contributed by atoms with Crippen LogP contribution in [-0.2, 0) is 18.9 Å². The van der Waals surface area contributed by atoms with E-state index >= 15 is 0 Å². The zero-order chi connectivity index (χ0) is 22.1. The first kappa shape index (κ1) is 25.5. The van der Waals surface area contributed by atoms with Crippen LogP contribution in [0.1, 0.15) is 48.0 Å². The smallest absolute Gasteiger partial charge is 0.412 e. The van der Waals surface area contributed by atoms with Crippen molar-refractivity contribution in [3.8, 4) is 0 Å². The number of guanidine groups is 1. The fourth-order valence-electron chi connectivity index (χ4n) is 3.17. The maximum absolute atomic E-state index is 12.8. The summed E-state index contributed by atoms with van der Waals surface area (Å²) in [4.78, 5) is 18.7. The van der Waals surface area contributed by atoms with Gasteiger partial charge in [0.25, 0.3) is 0 Å². The van der Waals surface area contributed by atoms with Gasteiger partial charge in [-0.2, -0.15) is 0 Å². The van der Waals surface area contributed by atoms with Crippen molar-refractivity contribution in [2.45, 2.75) is 71.4 Å². The molecule has 0 aromatic rings. The van der Waals surface area contributed by atoms with E-state index in [1.54, 1.807) is 19.1 Å². The number of rotatable bonds is 9. The Labute approximate surface area is 175 Å². The topological polar surface area (TPSA) is 93.7 Å². The average molecular weight is 417 g/mol. The number of amides is 1. The molecule has 170 valence electrons. The summed E-state index contributed by atoms with van der Waals surface area (Å²) in [6.07, 6.45) is 0.330. The van der Waals surface area contributed by atoms with E-state index in [-0.39, 0.29) is 18.2 Å². The summed E-state index contributed by atoms with van der Waals surface area (Å²) in [6, 6.07) is -0.184. The maximum Gasteiger partial charge on any atom is 0.412 e. The Kier molecular flexibility index (Phi) is 10.2. The highest BCUT2D eigenvalue weighted by atomic mass is 16.6. The molecule has 2 unspecified atom stereocenters. The zero-order valence-electron chi connectivity index (χ0n) is 19.3. The minimum atomic E-state index is -0.745. The third kappa shape index (κ3) is 8.76. The Morgan fingerprint density at radius 3 is 2.48 bits per heavy atom. The Balaban J connectivity index is 2.56. The molecular formula is C20H40N4O5. The van der Waals surface area contributed by atoms with Crippen LogP contribution in [0.25, 0.3) is 0 Å². The molecule has 29 heavy (non-hydrogen) atoms. The van der Waals surface area contributed by atoms with E-state index in [9.17, 15) is 4.79 Å². The van der Waals surface area contributed by atoms with Gasteiger partial charge in [0, 0.05) is 33.9 Å². The molecule has 1 aliphatic rings. The quantitative estimate of drug-likeness (QED) is 0.337. The lowest BCUT2D eigenvalue weighted by Gasteiger charge is -2.35. The molecule has 1 heterocycles. The van der Waals surface area contributed by atoms with Gasteiger partial charge < -0.3 is 29.6 Å². The first-order chi connectivity index (χ1) is 13.5. The van der Waals surface area contributed by atoms with Crippen molar-refractivity contribution in [3.05, 3.63) is 0 Å². The zero-order valence-corrected chi connectivity index (χ0v) is 19.3. The minimum absolute atomic E-state index is 0.141. The largest absolute Gasteiger partial charge is 0.444 e. The summed E-state index contributed by atoms with van der Waals surface area (Å²) < 4.78 is 22.0. The van der Waals surface area contributed by atoms with Gasteiger partial charge in [0.1, 0.15) is 11.3 Å². The molecule has 1 fully saturated rings. The van der Waals surface area contributed by atoms with Crippen LogP contribution in [0.15, 0.2) is 4.99 Å². The van der Waals surface area contributed by atoms with Crippen molar-refractivity contribution >= 4 is 12.1 Å². The van der Waals surface area contributed by atoms with Crippen LogP contribution in [0.2, 0.25) is 0 Å². The van der Waals surface area contributed by atoms with Crippen molar-refractivity contribution in [1.29, 1.82) is 0 Å². The number of hydrogen-bond donors (Lipinski definition) is 2. The van der Waals surface area contributed by atoms with Gasteiger partial charge in [-0.1, -0.05) is 0 Å². The second-order valence-electron chi connectivity index (χ2n) is 8.53. The molecule has 0 saturated carbocycles. The van der Waals surface area contributed by atoms with Crippen LogP contribution >= 0.6 is 0 Å². The molecule has 2 atom stereocenters. The molecule has 1 aliphatic heterocycles. The van der Waals surface area contributed by atoms with Crippen molar-refractivity contribution < 1.29 is 23.7 Å². The number of hydrogen-bond acceptors (Lipinski definition) is 6. The first-order valence-electron chi connectivity index (χ1n) is 10.2. The Morgan fingerprint density at radius 2 is 1.90 bits per heavy atom. The van der Waals surface area contributed by atoms with Crippen LogP contribution in [0.4, 0.5) is 4.79 Å². The standard InChI is InChI=1S/C20H40N4O5/c1-15-16(24(20(5,6)28-15)18(25)29-19(2,3)4)14-23-17(21-7)22-10-9-11-27-13-12-26-8/h15-16H,9-14H2,1-8H3,(H2,21,22,23). The van der Waals surface area contributed by atoms with Gasteiger partial charge >= 0.3 is 6.09 Å². The highest BCUT2D eigenvalue weighted by Gasteiger charge is 2.49. The molecule has 1 rings (SSSR count). The second kappa shape index (κ2) is 11.6. The second-order valence-corrected chi connectivity index (χ2v) is 8.53. The summed E-state index contributed by atoms with van der Waals surface area (Å²) in [5, 5.41) is 6.54. The lowest BCUT2D eigenvalue weighted by molar-refractivity contribution is -0.0755. The van der Waals surface area contributed by atoms with Gasteiger partial charge in [-0.05, 0) is 48.0 Å². The van der Waals surface area contributed by atoms with Crippen molar-refractivity contribution in [2.24, 2.45) is 4.99 Å². The van der Waals surface area contributed by atoms with Crippen LogP contribution < -0.4 is 10.6 Å². The molecule has 0 aromatic carbocycles. The summed E-state index contributed by atoms with van der Waals surface area (Å²) in [5.41, 5.74) is -1.32. The molecule has 1 amide bonds. The molecule has 0 bridgehead atoms. The predicted octanol–water partition coefficient (Wildman–Crippen LogP) is 1.97. The van der Waals surface area contributed by atoms with Gasteiger partial charge in [-0.15, -0.1) is 0 Å². The van der Waals surface area contributed by atoms with Crippen LogP contribution in [-0.4, -0.2) is 87.5 Å². The van der Waals surface area contributed by atoms with Gasteiger partial charge in [0.15, 0.2) is 5.96 Å².